The van der Waals surface area contributed by atoms with Crippen molar-refractivity contribution in [2.75, 3.05) is 17.2 Å². The lowest BCUT2D eigenvalue weighted by Crippen LogP contribution is -2.35. The largest absolute Gasteiger partial charge is 0.416 e. The number of amides is 3. The van der Waals surface area contributed by atoms with Gasteiger partial charge in [-0.15, -0.1) is 0 Å². The summed E-state index contributed by atoms with van der Waals surface area (Å²) in [5.41, 5.74) is 6.69. The molecule has 9 nitrogen and oxygen atoms in total. The molecular formula is C24H21F4N7O2. The van der Waals surface area contributed by atoms with Crippen molar-refractivity contribution in [2.24, 2.45) is 21.7 Å². The number of carbonyl (C=O) groups is 2. The lowest BCUT2D eigenvalue weighted by atomic mass is 9.92. The molecule has 1 atom stereocenters. The van der Waals surface area contributed by atoms with Crippen LogP contribution in [0.2, 0.25) is 0 Å². The minimum atomic E-state index is -4.76. The summed E-state index contributed by atoms with van der Waals surface area (Å²) in [6.45, 7) is 0.298. The van der Waals surface area contributed by atoms with Gasteiger partial charge in [-0.05, 0) is 48.7 Å². The van der Waals surface area contributed by atoms with Crippen molar-refractivity contribution in [3.63, 3.8) is 0 Å². The first kappa shape index (κ1) is 24.3. The number of nitrogens with one attached hydrogen (secondary N) is 3. The second-order valence-electron chi connectivity index (χ2n) is 8.81. The number of nitrogens with two attached hydrogens (primary N) is 1. The highest BCUT2D eigenvalue weighted by atomic mass is 19.4. The Hall–Kier alpha value is -4.42. The van der Waals surface area contributed by atoms with Crippen molar-refractivity contribution >= 4 is 41.1 Å². The Kier molecular flexibility index (Phi) is 6.05. The molecule has 1 unspecified atom stereocenters. The Morgan fingerprint density at radius 2 is 1.73 bits per heavy atom. The number of alkyl halides is 3. The molecule has 13 heteroatoms. The summed E-state index contributed by atoms with van der Waals surface area (Å²) in [5, 5.41) is 13.5. The van der Waals surface area contributed by atoms with E-state index >= 15 is 0 Å². The van der Waals surface area contributed by atoms with Gasteiger partial charge in [0.25, 0.3) is 0 Å². The number of anilines is 2. The first-order valence-electron chi connectivity index (χ1n) is 11.3. The third-order valence-electron chi connectivity index (χ3n) is 6.02. The molecule has 192 valence electrons. The summed E-state index contributed by atoms with van der Waals surface area (Å²) in [6, 6.07) is 7.54. The first-order valence-corrected chi connectivity index (χ1v) is 11.3. The number of fused-ring (bicyclic) bond motifs is 1. The van der Waals surface area contributed by atoms with Crippen molar-refractivity contribution < 1.29 is 27.2 Å². The number of hydrogen-bond donors (Lipinski definition) is 4. The summed E-state index contributed by atoms with van der Waals surface area (Å²) < 4.78 is 52.4. The minimum Gasteiger partial charge on any atom is -0.382 e. The molecule has 2 aromatic rings. The van der Waals surface area contributed by atoms with Crippen molar-refractivity contribution in [1.82, 2.24) is 10.3 Å². The molecule has 2 aliphatic heterocycles. The molecule has 1 saturated carbocycles. The maximum atomic E-state index is 13.6. The van der Waals surface area contributed by atoms with Crippen LogP contribution in [0.5, 0.6) is 0 Å². The van der Waals surface area contributed by atoms with Crippen molar-refractivity contribution in [1.29, 1.82) is 0 Å². The predicted octanol–water partition coefficient (Wildman–Crippen LogP) is 3.72. The van der Waals surface area contributed by atoms with Gasteiger partial charge in [-0.3, -0.25) is 9.80 Å². The van der Waals surface area contributed by atoms with Crippen molar-refractivity contribution in [3.8, 4) is 0 Å². The Bertz CT molecular complexity index is 1350. The van der Waals surface area contributed by atoms with Gasteiger partial charge < -0.3 is 21.7 Å². The van der Waals surface area contributed by atoms with Gasteiger partial charge in [0.2, 0.25) is 5.91 Å². The average molecular weight is 515 g/mol. The molecule has 1 fully saturated rings. The van der Waals surface area contributed by atoms with Gasteiger partial charge in [-0.2, -0.15) is 18.3 Å². The van der Waals surface area contributed by atoms with Crippen LogP contribution in [0.3, 0.4) is 0 Å². The Balaban J connectivity index is 1.34. The zero-order valence-corrected chi connectivity index (χ0v) is 19.1. The molecule has 0 bridgehead atoms. The topological polar surface area (TPSA) is 124 Å². The van der Waals surface area contributed by atoms with Crippen LogP contribution in [0, 0.1) is 11.7 Å². The van der Waals surface area contributed by atoms with Gasteiger partial charge in [-0.1, -0.05) is 12.1 Å². The molecule has 2 heterocycles. The molecule has 3 aliphatic rings. The fourth-order valence-electron chi connectivity index (χ4n) is 4.18. The minimum absolute atomic E-state index is 0.141. The van der Waals surface area contributed by atoms with Crippen LogP contribution in [-0.4, -0.2) is 41.7 Å². The second-order valence-corrected chi connectivity index (χ2v) is 8.81. The number of halogens is 4. The van der Waals surface area contributed by atoms with E-state index in [9.17, 15) is 27.2 Å². The summed E-state index contributed by atoms with van der Waals surface area (Å²) >= 11 is 0. The quantitative estimate of drug-likeness (QED) is 0.453. The second kappa shape index (κ2) is 9.22. The summed E-state index contributed by atoms with van der Waals surface area (Å²) in [7, 11) is 0. The molecule has 3 amide bonds. The maximum absolute atomic E-state index is 13.6. The lowest BCUT2D eigenvalue weighted by molar-refractivity contribution is -0.137. The molecular weight excluding hydrogens is 494 g/mol. The molecule has 0 radical (unpaired) electrons. The number of hydrazone groups is 1. The molecule has 2 aromatic carbocycles. The van der Waals surface area contributed by atoms with Crippen molar-refractivity contribution in [3.05, 3.63) is 65.1 Å². The zero-order valence-electron chi connectivity index (χ0n) is 19.1. The predicted molar refractivity (Wildman–Crippen MR) is 129 cm³/mol. The van der Waals surface area contributed by atoms with Crippen LogP contribution in [0.1, 0.15) is 24.0 Å². The van der Waals surface area contributed by atoms with E-state index in [1.807, 2.05) is 0 Å². The average Bonchev–Trinajstić information content (AvgIpc) is 3.55. The van der Waals surface area contributed by atoms with Gasteiger partial charge in [0.15, 0.2) is 5.84 Å². The van der Waals surface area contributed by atoms with Crippen LogP contribution in [0.15, 0.2) is 58.3 Å². The van der Waals surface area contributed by atoms with Crippen LogP contribution in [-0.2, 0) is 11.0 Å². The van der Waals surface area contributed by atoms with E-state index in [1.54, 1.807) is 29.3 Å². The summed E-state index contributed by atoms with van der Waals surface area (Å²) in [6.07, 6.45) is -1.57. The van der Waals surface area contributed by atoms with E-state index in [2.05, 4.69) is 26.0 Å². The van der Waals surface area contributed by atoms with E-state index in [0.29, 0.717) is 41.2 Å². The van der Waals surface area contributed by atoms with E-state index in [4.69, 9.17) is 5.73 Å². The van der Waals surface area contributed by atoms with Crippen LogP contribution < -0.4 is 21.7 Å². The third-order valence-corrected chi connectivity index (χ3v) is 6.02. The number of hydrogen-bond acceptors (Lipinski definition) is 6. The maximum Gasteiger partial charge on any atom is 0.416 e. The molecule has 0 aromatic heterocycles. The third kappa shape index (κ3) is 5.25. The fourth-order valence-corrected chi connectivity index (χ4v) is 4.18. The summed E-state index contributed by atoms with van der Waals surface area (Å²) in [5.74, 6) is -1.60. The molecule has 5 rings (SSSR count). The fraction of sp³-hybridized carbons (Fsp3) is 0.250. The Morgan fingerprint density at radius 3 is 2.41 bits per heavy atom. The van der Waals surface area contributed by atoms with E-state index < -0.39 is 29.5 Å². The SMILES string of the molecule is NC1=NC=NN2CC(C(=O)NC3CC3)C(c3ccc(NC(=O)Nc4cc(F)cc(C(F)(F)F)c4)cc3)=C12. The first-order chi connectivity index (χ1) is 17.6. The van der Waals surface area contributed by atoms with Crippen LogP contribution >= 0.6 is 0 Å². The number of aliphatic imine (C=N–C) groups is 1. The molecule has 37 heavy (non-hydrogen) atoms. The van der Waals surface area contributed by atoms with E-state index in [-0.39, 0.29) is 23.5 Å². The molecule has 0 spiro atoms. The van der Waals surface area contributed by atoms with Crippen molar-refractivity contribution in [2.45, 2.75) is 25.1 Å². The molecule has 1 aliphatic carbocycles. The number of benzene rings is 2. The van der Waals surface area contributed by atoms with Gasteiger partial charge in [0.05, 0.1) is 18.0 Å². The van der Waals surface area contributed by atoms with E-state index in [1.165, 1.54) is 6.34 Å². The highest BCUT2D eigenvalue weighted by molar-refractivity contribution is 6.11. The Labute approximate surface area is 208 Å². The lowest BCUT2D eigenvalue weighted by Gasteiger charge is -2.18. The smallest absolute Gasteiger partial charge is 0.382 e. The normalized spacial score (nSPS) is 18.9. The standard InChI is InChI=1S/C24H21F4N7O2/c25-14-7-13(24(26,27)28)8-17(9-14)34-23(37)33-16-3-1-12(2-4-16)19-18(22(36)32-15-5-6-15)10-35-20(19)21(29)30-11-31-35/h1-4,7-9,11,15,18H,5-6,10H2,(H,32,36)(H2,29,30,31)(H2,33,34,37). The number of amidine groups is 1. The highest BCUT2D eigenvalue weighted by Crippen LogP contribution is 2.38. The zero-order chi connectivity index (χ0) is 26.3. The number of carbonyl (C=O) groups excluding carboxylic acids is 2. The Morgan fingerprint density at radius 1 is 1.03 bits per heavy atom. The van der Waals surface area contributed by atoms with Crippen LogP contribution in [0.4, 0.5) is 33.7 Å². The highest BCUT2D eigenvalue weighted by Gasteiger charge is 2.40. The van der Waals surface area contributed by atoms with Gasteiger partial charge in [-0.25, -0.2) is 14.2 Å². The van der Waals surface area contributed by atoms with E-state index in [0.717, 1.165) is 18.9 Å². The number of rotatable bonds is 5. The number of urea groups is 1. The molecule has 5 N–H and O–H groups in total. The molecule has 0 saturated heterocycles. The van der Waals surface area contributed by atoms with Crippen LogP contribution in [0.25, 0.3) is 5.57 Å². The van der Waals surface area contributed by atoms with Gasteiger partial charge in [0, 0.05) is 23.0 Å². The number of nitrogens with zero attached hydrogens (tertiary/aromatic N) is 3. The van der Waals surface area contributed by atoms with Gasteiger partial charge >= 0.3 is 12.2 Å². The monoisotopic (exact) mass is 515 g/mol. The summed E-state index contributed by atoms with van der Waals surface area (Å²) in [4.78, 5) is 29.3. The van der Waals surface area contributed by atoms with Gasteiger partial charge in [0.1, 0.15) is 17.9 Å².